The number of pyridine rings is 1. The topological polar surface area (TPSA) is 91.6 Å². The van der Waals surface area contributed by atoms with Crippen LogP contribution in [0.3, 0.4) is 0 Å². The number of carboxylic acids is 1. The van der Waals surface area contributed by atoms with E-state index in [0.717, 1.165) is 28.0 Å². The van der Waals surface area contributed by atoms with Crippen LogP contribution in [-0.4, -0.2) is 20.9 Å². The standard InChI is InChI=1S/C23H18N2O4/c26-19-12-13-25(21(22(19)27)23(28)29)24-20(16-7-2-1-3-8-16)18-11-10-15-6-4-5-9-17(15)14-18/h1-14,20,24,27H,(H,28,29). The minimum atomic E-state index is -1.40. The van der Waals surface area contributed by atoms with Gasteiger partial charge in [0.05, 0.1) is 6.04 Å². The molecule has 1 unspecified atom stereocenters. The Kier molecular flexibility index (Phi) is 4.75. The lowest BCUT2D eigenvalue weighted by Crippen LogP contribution is -2.28. The smallest absolute Gasteiger partial charge is 0.358 e. The highest BCUT2D eigenvalue weighted by atomic mass is 16.4. The second kappa shape index (κ2) is 7.52. The summed E-state index contributed by atoms with van der Waals surface area (Å²) in [5, 5.41) is 21.6. The molecule has 0 fully saturated rings. The van der Waals surface area contributed by atoms with E-state index in [1.165, 1.54) is 10.9 Å². The second-order valence-corrected chi connectivity index (χ2v) is 6.63. The maximum Gasteiger partial charge on any atom is 0.358 e. The molecule has 0 spiro atoms. The van der Waals surface area contributed by atoms with Gasteiger partial charge in [0.2, 0.25) is 5.43 Å². The lowest BCUT2D eigenvalue weighted by molar-refractivity contribution is 0.0681. The van der Waals surface area contributed by atoms with Gasteiger partial charge in [-0.15, -0.1) is 0 Å². The second-order valence-electron chi connectivity index (χ2n) is 6.63. The number of aromatic nitrogens is 1. The van der Waals surface area contributed by atoms with E-state index >= 15 is 0 Å². The molecule has 0 amide bonds. The monoisotopic (exact) mass is 386 g/mol. The van der Waals surface area contributed by atoms with Gasteiger partial charge in [0.25, 0.3) is 0 Å². The van der Waals surface area contributed by atoms with E-state index in [-0.39, 0.29) is 0 Å². The van der Waals surface area contributed by atoms with Gasteiger partial charge < -0.3 is 15.6 Å². The Balaban J connectivity index is 1.85. The molecule has 1 aromatic heterocycles. The summed E-state index contributed by atoms with van der Waals surface area (Å²) in [7, 11) is 0. The van der Waals surface area contributed by atoms with Gasteiger partial charge in [0.15, 0.2) is 11.4 Å². The molecule has 6 nitrogen and oxygen atoms in total. The highest BCUT2D eigenvalue weighted by molar-refractivity contribution is 5.88. The van der Waals surface area contributed by atoms with E-state index in [4.69, 9.17) is 0 Å². The highest BCUT2D eigenvalue weighted by Gasteiger charge is 2.21. The summed E-state index contributed by atoms with van der Waals surface area (Å²) in [6, 6.07) is 24.2. The van der Waals surface area contributed by atoms with Crippen LogP contribution < -0.4 is 10.9 Å². The molecular weight excluding hydrogens is 368 g/mol. The first-order valence-corrected chi connectivity index (χ1v) is 9.02. The molecule has 0 saturated carbocycles. The Morgan fingerprint density at radius 2 is 1.55 bits per heavy atom. The van der Waals surface area contributed by atoms with Crippen molar-refractivity contribution in [2.75, 3.05) is 5.43 Å². The molecule has 29 heavy (non-hydrogen) atoms. The zero-order chi connectivity index (χ0) is 20.4. The number of carboxylic acid groups (broad SMARTS) is 1. The fraction of sp³-hybridized carbons (Fsp3) is 0.0435. The molecule has 3 aromatic carbocycles. The Labute approximate surface area is 166 Å². The van der Waals surface area contributed by atoms with Gasteiger partial charge >= 0.3 is 5.97 Å². The first-order valence-electron chi connectivity index (χ1n) is 9.02. The first kappa shape index (κ1) is 18.3. The molecule has 0 radical (unpaired) electrons. The van der Waals surface area contributed by atoms with Gasteiger partial charge in [-0.25, -0.2) is 4.79 Å². The van der Waals surface area contributed by atoms with Crippen LogP contribution in [0.1, 0.15) is 27.7 Å². The van der Waals surface area contributed by atoms with Crippen molar-refractivity contribution in [2.24, 2.45) is 0 Å². The minimum Gasteiger partial charge on any atom is -0.502 e. The third kappa shape index (κ3) is 3.55. The average Bonchev–Trinajstić information content (AvgIpc) is 2.74. The highest BCUT2D eigenvalue weighted by Crippen LogP contribution is 2.27. The van der Waals surface area contributed by atoms with Crippen molar-refractivity contribution >= 4 is 16.7 Å². The summed E-state index contributed by atoms with van der Waals surface area (Å²) in [5.41, 5.74) is 3.68. The Morgan fingerprint density at radius 3 is 2.28 bits per heavy atom. The predicted molar refractivity (Wildman–Crippen MR) is 111 cm³/mol. The molecule has 3 N–H and O–H groups in total. The number of aromatic hydroxyl groups is 1. The zero-order valence-electron chi connectivity index (χ0n) is 15.3. The van der Waals surface area contributed by atoms with E-state index in [1.807, 2.05) is 72.8 Å². The average molecular weight is 386 g/mol. The molecule has 0 aliphatic carbocycles. The van der Waals surface area contributed by atoms with Crippen molar-refractivity contribution in [3.05, 3.63) is 112 Å². The summed E-state index contributed by atoms with van der Waals surface area (Å²) < 4.78 is 1.17. The number of hydrogen-bond acceptors (Lipinski definition) is 4. The van der Waals surface area contributed by atoms with Crippen molar-refractivity contribution in [3.63, 3.8) is 0 Å². The van der Waals surface area contributed by atoms with Crippen molar-refractivity contribution in [3.8, 4) is 5.75 Å². The molecular formula is C23H18N2O4. The lowest BCUT2D eigenvalue weighted by Gasteiger charge is -2.24. The summed E-state index contributed by atoms with van der Waals surface area (Å²) in [6.45, 7) is 0. The van der Waals surface area contributed by atoms with Gasteiger partial charge in [0, 0.05) is 12.3 Å². The van der Waals surface area contributed by atoms with Crippen LogP contribution in [0, 0.1) is 0 Å². The first-order chi connectivity index (χ1) is 14.0. The van der Waals surface area contributed by atoms with Crippen LogP contribution in [-0.2, 0) is 0 Å². The molecule has 4 aromatic rings. The third-order valence-electron chi connectivity index (χ3n) is 4.78. The third-order valence-corrected chi connectivity index (χ3v) is 4.78. The van der Waals surface area contributed by atoms with Gasteiger partial charge in [0.1, 0.15) is 0 Å². The summed E-state index contributed by atoms with van der Waals surface area (Å²) >= 11 is 0. The molecule has 1 heterocycles. The van der Waals surface area contributed by atoms with E-state index in [1.54, 1.807) is 0 Å². The molecule has 0 aliphatic rings. The van der Waals surface area contributed by atoms with Crippen molar-refractivity contribution in [1.29, 1.82) is 0 Å². The molecule has 0 bridgehead atoms. The molecule has 4 rings (SSSR count). The fourth-order valence-electron chi connectivity index (χ4n) is 3.35. The van der Waals surface area contributed by atoms with Crippen molar-refractivity contribution < 1.29 is 15.0 Å². The molecule has 1 atom stereocenters. The number of fused-ring (bicyclic) bond motifs is 1. The van der Waals surface area contributed by atoms with Gasteiger partial charge in [-0.2, -0.15) is 0 Å². The van der Waals surface area contributed by atoms with Crippen LogP contribution in [0.4, 0.5) is 0 Å². The number of carbonyl (C=O) groups is 1. The largest absolute Gasteiger partial charge is 0.502 e. The normalized spacial score (nSPS) is 11.9. The van der Waals surface area contributed by atoms with Crippen molar-refractivity contribution in [1.82, 2.24) is 4.68 Å². The van der Waals surface area contributed by atoms with Crippen molar-refractivity contribution in [2.45, 2.75) is 6.04 Å². The van der Waals surface area contributed by atoms with Crippen LogP contribution in [0.2, 0.25) is 0 Å². The number of rotatable bonds is 5. The minimum absolute atomic E-state index is 0.416. The van der Waals surface area contributed by atoms with Gasteiger partial charge in [-0.1, -0.05) is 66.7 Å². The van der Waals surface area contributed by atoms with Crippen LogP contribution >= 0.6 is 0 Å². The van der Waals surface area contributed by atoms with Crippen LogP contribution in [0.25, 0.3) is 10.8 Å². The number of hydrogen-bond donors (Lipinski definition) is 3. The zero-order valence-corrected chi connectivity index (χ0v) is 15.3. The maximum absolute atomic E-state index is 11.7. The van der Waals surface area contributed by atoms with Gasteiger partial charge in [-0.3, -0.25) is 9.47 Å². The SMILES string of the molecule is O=C(O)c1c(O)c(=O)ccn1NC(c1ccccc1)c1ccc2ccccc2c1. The van der Waals surface area contributed by atoms with Crippen LogP contribution in [0.5, 0.6) is 5.75 Å². The Hall–Kier alpha value is -4.06. The van der Waals surface area contributed by atoms with E-state index < -0.39 is 28.9 Å². The predicted octanol–water partition coefficient (Wildman–Crippen LogP) is 3.74. The molecule has 0 saturated heterocycles. The van der Waals surface area contributed by atoms with Crippen LogP contribution in [0.15, 0.2) is 89.9 Å². The maximum atomic E-state index is 11.7. The quantitative estimate of drug-likeness (QED) is 0.486. The lowest BCUT2D eigenvalue weighted by atomic mass is 9.97. The number of benzene rings is 3. The van der Waals surface area contributed by atoms with Gasteiger partial charge in [-0.05, 0) is 28.0 Å². The number of nitrogens with one attached hydrogen (secondary N) is 1. The summed E-state index contributed by atoms with van der Waals surface area (Å²) in [6.07, 6.45) is 1.31. The van der Waals surface area contributed by atoms with E-state index in [0.29, 0.717) is 0 Å². The molecule has 144 valence electrons. The Bertz CT molecular complexity index is 1250. The van der Waals surface area contributed by atoms with E-state index in [2.05, 4.69) is 5.43 Å². The number of nitrogens with zero attached hydrogens (tertiary/aromatic N) is 1. The van der Waals surface area contributed by atoms with E-state index in [9.17, 15) is 19.8 Å². The number of aromatic carboxylic acids is 1. The molecule has 6 heteroatoms. The summed E-state index contributed by atoms with van der Waals surface area (Å²) in [5.74, 6) is -2.21. The fourth-order valence-corrected chi connectivity index (χ4v) is 3.35. The Morgan fingerprint density at radius 1 is 0.862 bits per heavy atom. The molecule has 0 aliphatic heterocycles. The summed E-state index contributed by atoms with van der Waals surface area (Å²) in [4.78, 5) is 23.4.